The first-order chi connectivity index (χ1) is 21.2. The summed E-state index contributed by atoms with van der Waals surface area (Å²) in [6, 6.07) is 0. The van der Waals surface area contributed by atoms with E-state index in [4.69, 9.17) is 9.47 Å². The van der Waals surface area contributed by atoms with Gasteiger partial charge in [0, 0.05) is 13.7 Å². The Morgan fingerprint density at radius 2 is 1.48 bits per heavy atom. The molecule has 0 aromatic carbocycles. The number of ether oxygens (including phenoxy) is 2. The van der Waals surface area contributed by atoms with Crippen molar-refractivity contribution < 1.29 is 19.7 Å². The van der Waals surface area contributed by atoms with Crippen LogP contribution in [0.5, 0.6) is 0 Å². The molecule has 7 unspecified atom stereocenters. The third kappa shape index (κ3) is 4.88. The Morgan fingerprint density at radius 3 is 2.23 bits per heavy atom. The molecule has 8 aliphatic rings. The van der Waals surface area contributed by atoms with E-state index in [1.54, 1.807) is 5.57 Å². The maximum absolute atomic E-state index is 11.8. The molecule has 4 heteroatoms. The lowest BCUT2D eigenvalue weighted by molar-refractivity contribution is -0.0914. The molecule has 0 amide bonds. The van der Waals surface area contributed by atoms with Gasteiger partial charge in [0.2, 0.25) is 0 Å². The molecule has 0 aromatic rings. The van der Waals surface area contributed by atoms with Crippen LogP contribution in [-0.2, 0) is 9.47 Å². The van der Waals surface area contributed by atoms with Gasteiger partial charge in [0.05, 0.1) is 19.3 Å². The first-order valence-corrected chi connectivity index (χ1v) is 19.1. The van der Waals surface area contributed by atoms with Crippen molar-refractivity contribution in [2.75, 3.05) is 26.9 Å². The van der Waals surface area contributed by atoms with Crippen LogP contribution in [0.4, 0.5) is 0 Å². The van der Waals surface area contributed by atoms with Crippen LogP contribution in [0.3, 0.4) is 0 Å². The van der Waals surface area contributed by atoms with Crippen molar-refractivity contribution in [1.29, 1.82) is 0 Å². The van der Waals surface area contributed by atoms with Crippen LogP contribution in [0.15, 0.2) is 23.8 Å². The van der Waals surface area contributed by atoms with Gasteiger partial charge in [0.25, 0.3) is 0 Å². The summed E-state index contributed by atoms with van der Waals surface area (Å²) in [6.45, 7) is 7.42. The Hall–Kier alpha value is -0.680. The third-order valence-corrected chi connectivity index (χ3v) is 16.5. The summed E-state index contributed by atoms with van der Waals surface area (Å²) < 4.78 is 12.2. The van der Waals surface area contributed by atoms with E-state index < -0.39 is 5.60 Å². The normalized spacial score (nSPS) is 54.3. The van der Waals surface area contributed by atoms with Gasteiger partial charge < -0.3 is 19.7 Å². The Labute approximate surface area is 267 Å². The zero-order valence-corrected chi connectivity index (χ0v) is 28.1. The Kier molecular flexibility index (Phi) is 8.00. The highest BCUT2D eigenvalue weighted by Gasteiger charge is 2.58. The van der Waals surface area contributed by atoms with E-state index in [1.807, 2.05) is 7.11 Å². The van der Waals surface area contributed by atoms with Crippen molar-refractivity contribution in [3.63, 3.8) is 0 Å². The molecule has 4 nitrogen and oxygen atoms in total. The number of methoxy groups -OCH3 is 1. The molecule has 0 aliphatic heterocycles. The van der Waals surface area contributed by atoms with Crippen LogP contribution in [0.25, 0.3) is 0 Å². The van der Waals surface area contributed by atoms with Gasteiger partial charge in [-0.15, -0.1) is 0 Å². The molecule has 8 aliphatic carbocycles. The molecule has 0 spiro atoms. The van der Waals surface area contributed by atoms with Crippen LogP contribution in [0.1, 0.15) is 110 Å². The molecule has 0 heterocycles. The largest absolute Gasteiger partial charge is 0.389 e. The predicted molar refractivity (Wildman–Crippen MR) is 175 cm³/mol. The van der Waals surface area contributed by atoms with Gasteiger partial charge in [0.1, 0.15) is 5.60 Å². The molecule has 0 radical (unpaired) electrons. The van der Waals surface area contributed by atoms with Gasteiger partial charge in [-0.1, -0.05) is 37.6 Å². The minimum Gasteiger partial charge on any atom is -0.389 e. The summed E-state index contributed by atoms with van der Waals surface area (Å²) in [5, 5.41) is 22.0. The average Bonchev–Trinajstić information content (AvgIpc) is 3.53. The Morgan fingerprint density at radius 1 is 0.773 bits per heavy atom. The summed E-state index contributed by atoms with van der Waals surface area (Å²) >= 11 is 0. The molecule has 8 rings (SSSR count). The summed E-state index contributed by atoms with van der Waals surface area (Å²) in [4.78, 5) is 0. The monoisotopic (exact) mass is 606 g/mol. The zero-order chi connectivity index (χ0) is 30.3. The van der Waals surface area contributed by atoms with Crippen LogP contribution in [0.2, 0.25) is 0 Å². The lowest BCUT2D eigenvalue weighted by atomic mass is 9.50. The topological polar surface area (TPSA) is 58.9 Å². The van der Waals surface area contributed by atoms with E-state index in [9.17, 15) is 10.2 Å². The fourth-order valence-electron chi connectivity index (χ4n) is 14.3. The third-order valence-electron chi connectivity index (χ3n) is 16.5. The average molecular weight is 607 g/mol. The molecule has 2 N–H and O–H groups in total. The molecule has 15 atom stereocenters. The van der Waals surface area contributed by atoms with Crippen molar-refractivity contribution in [3.05, 3.63) is 23.8 Å². The molecule has 6 saturated carbocycles. The van der Waals surface area contributed by atoms with E-state index in [1.165, 1.54) is 83.5 Å². The zero-order valence-electron chi connectivity index (χ0n) is 28.1. The molecule has 6 fully saturated rings. The van der Waals surface area contributed by atoms with Gasteiger partial charge in [-0.25, -0.2) is 0 Å². The van der Waals surface area contributed by atoms with Crippen molar-refractivity contribution in [2.45, 2.75) is 122 Å². The van der Waals surface area contributed by atoms with E-state index >= 15 is 0 Å². The van der Waals surface area contributed by atoms with Gasteiger partial charge in [-0.3, -0.25) is 0 Å². The number of hydrogen-bond acceptors (Lipinski definition) is 4. The summed E-state index contributed by atoms with van der Waals surface area (Å²) in [5.74, 6) is 8.47. The molecular weight excluding hydrogens is 544 g/mol. The maximum atomic E-state index is 11.8. The van der Waals surface area contributed by atoms with Gasteiger partial charge in [0.15, 0.2) is 0 Å². The fourth-order valence-corrected chi connectivity index (χ4v) is 14.3. The van der Waals surface area contributed by atoms with E-state index in [0.717, 1.165) is 73.4 Å². The predicted octanol–water partition coefficient (Wildman–Crippen LogP) is 7.98. The number of aliphatic hydroxyl groups excluding tert-OH is 1. The molecule has 0 aromatic heterocycles. The number of fused-ring (bicyclic) bond motifs is 10. The molecule has 0 saturated heterocycles. The standard InChI is InChI=1S/C40H62O4/c1-38-17-15-33-31-16-19-40(42,21-26(31)5-10-35(33)36(38)12-6-27(38)22-43-3)24-44-23-28-7-13-37-34-9-4-25-20-29(41)8-11-30(25)32(34)14-18-39(28,37)2/h16,19-20,26-37,41-42H,4-15,17-18,21-24H2,1-3H3/t26-,27+,28?,29?,30?,31-,32?,33+,34?,35+,36-,37?,38+,39+,40?/m0/s1. The van der Waals surface area contributed by atoms with Crippen molar-refractivity contribution in [2.24, 2.45) is 75.9 Å². The highest BCUT2D eigenvalue weighted by molar-refractivity contribution is 5.20. The van der Waals surface area contributed by atoms with E-state index in [0.29, 0.717) is 35.2 Å². The molecular formula is C40H62O4. The maximum Gasteiger partial charge on any atom is 0.106 e. The minimum absolute atomic E-state index is 0.195. The Balaban J connectivity index is 0.876. The number of hydrogen-bond donors (Lipinski definition) is 2. The molecule has 0 bridgehead atoms. The van der Waals surface area contributed by atoms with Crippen molar-refractivity contribution in [3.8, 4) is 0 Å². The smallest absolute Gasteiger partial charge is 0.106 e. The lowest BCUT2D eigenvalue weighted by Gasteiger charge is -2.55. The second-order valence-corrected chi connectivity index (χ2v) is 18.1. The highest BCUT2D eigenvalue weighted by Crippen LogP contribution is 2.65. The SMILES string of the molecule is COC[C@H]1CC[C@H]2[C@@H]3CC[C@H]4CC(O)(COCC5CCC6C7CCC8=CC(O)CCC8C7CC[C@]56C)C=C[C@@H]4[C@H]3CC[C@]12C. The number of rotatable bonds is 6. The quantitative estimate of drug-likeness (QED) is 0.301. The van der Waals surface area contributed by atoms with Gasteiger partial charge in [-0.2, -0.15) is 0 Å². The minimum atomic E-state index is -0.789. The van der Waals surface area contributed by atoms with Crippen LogP contribution in [-0.4, -0.2) is 48.8 Å². The Bertz CT molecular complexity index is 1130. The van der Waals surface area contributed by atoms with E-state index in [2.05, 4.69) is 32.1 Å². The van der Waals surface area contributed by atoms with Gasteiger partial charge in [-0.05, 0) is 172 Å². The summed E-state index contributed by atoms with van der Waals surface area (Å²) in [6.07, 6.45) is 25.8. The highest BCUT2D eigenvalue weighted by atomic mass is 16.5. The lowest BCUT2D eigenvalue weighted by Crippen LogP contribution is -2.50. The summed E-state index contributed by atoms with van der Waals surface area (Å²) in [5.41, 5.74) is 1.67. The van der Waals surface area contributed by atoms with Crippen LogP contribution >= 0.6 is 0 Å². The first kappa shape index (κ1) is 30.6. The van der Waals surface area contributed by atoms with Gasteiger partial charge >= 0.3 is 0 Å². The van der Waals surface area contributed by atoms with E-state index in [-0.39, 0.29) is 6.10 Å². The second-order valence-electron chi connectivity index (χ2n) is 18.1. The molecule has 44 heavy (non-hydrogen) atoms. The second kappa shape index (κ2) is 11.5. The number of allylic oxidation sites excluding steroid dienone is 2. The van der Waals surface area contributed by atoms with Crippen LogP contribution in [0, 0.1) is 75.9 Å². The first-order valence-electron chi connectivity index (χ1n) is 19.1. The number of aliphatic hydroxyl groups is 2. The van der Waals surface area contributed by atoms with Crippen molar-refractivity contribution >= 4 is 0 Å². The van der Waals surface area contributed by atoms with Crippen molar-refractivity contribution in [1.82, 2.24) is 0 Å². The van der Waals surface area contributed by atoms with Crippen LogP contribution < -0.4 is 0 Å². The fraction of sp³-hybridized carbons (Fsp3) is 0.900. The summed E-state index contributed by atoms with van der Waals surface area (Å²) in [7, 11) is 1.88. The molecule has 246 valence electrons.